The topological polar surface area (TPSA) is 63.2 Å². The lowest BCUT2D eigenvalue weighted by molar-refractivity contribution is -0.115. The molecule has 0 saturated heterocycles. The number of terminal acetylenes is 1. The fourth-order valence-electron chi connectivity index (χ4n) is 1.13. The molecule has 17 heavy (non-hydrogen) atoms. The summed E-state index contributed by atoms with van der Waals surface area (Å²) in [5.41, 5.74) is 1.11. The van der Waals surface area contributed by atoms with E-state index in [1.807, 2.05) is 0 Å². The molecule has 0 fully saturated rings. The van der Waals surface area contributed by atoms with Gasteiger partial charge in [0.05, 0.1) is 0 Å². The third-order valence-corrected chi connectivity index (χ3v) is 3.81. The summed E-state index contributed by atoms with van der Waals surface area (Å²) in [7, 11) is -3.39. The number of benzene rings is 1. The van der Waals surface area contributed by atoms with Gasteiger partial charge >= 0.3 is 0 Å². The van der Waals surface area contributed by atoms with Crippen molar-refractivity contribution in [2.24, 2.45) is 0 Å². The molecule has 90 valence electrons. The predicted octanol–water partition coefficient (Wildman–Crippen LogP) is 1.04. The van der Waals surface area contributed by atoms with E-state index >= 15 is 0 Å². The lowest BCUT2D eigenvalue weighted by atomic mass is 10.2. The van der Waals surface area contributed by atoms with E-state index in [9.17, 15) is 13.2 Å². The van der Waals surface area contributed by atoms with Crippen LogP contribution in [-0.2, 0) is 14.6 Å². The van der Waals surface area contributed by atoms with Gasteiger partial charge in [0.2, 0.25) is 5.91 Å². The van der Waals surface area contributed by atoms with Crippen LogP contribution in [0.4, 0.5) is 5.69 Å². The van der Waals surface area contributed by atoms with Gasteiger partial charge in [0.15, 0.2) is 9.84 Å². The van der Waals surface area contributed by atoms with E-state index < -0.39 is 21.0 Å². The van der Waals surface area contributed by atoms with Crippen molar-refractivity contribution >= 4 is 21.4 Å². The summed E-state index contributed by atoms with van der Waals surface area (Å²) >= 11 is 0. The largest absolute Gasteiger partial charge is 0.325 e. The van der Waals surface area contributed by atoms with Crippen LogP contribution in [0.25, 0.3) is 0 Å². The van der Waals surface area contributed by atoms with Gasteiger partial charge in [0, 0.05) is 17.5 Å². The lowest BCUT2D eigenvalue weighted by Crippen LogP contribution is -2.31. The Morgan fingerprint density at radius 2 is 2.12 bits per heavy atom. The summed E-state index contributed by atoms with van der Waals surface area (Å²) in [6, 6.07) is 6.66. The van der Waals surface area contributed by atoms with Gasteiger partial charge in [-0.25, -0.2) is 8.42 Å². The highest BCUT2D eigenvalue weighted by Gasteiger charge is 2.23. The molecule has 0 aliphatic heterocycles. The highest BCUT2D eigenvalue weighted by molar-refractivity contribution is 7.92. The van der Waals surface area contributed by atoms with E-state index in [-0.39, 0.29) is 0 Å². The van der Waals surface area contributed by atoms with Gasteiger partial charge in [0.25, 0.3) is 0 Å². The quantitative estimate of drug-likeness (QED) is 0.816. The molecule has 0 bridgehead atoms. The SMILES string of the molecule is C#Cc1cccc(NC(=O)C(C)S(C)(=O)=O)c1. The molecule has 0 saturated carbocycles. The molecule has 1 aromatic carbocycles. The van der Waals surface area contributed by atoms with Gasteiger partial charge in [-0.3, -0.25) is 4.79 Å². The van der Waals surface area contributed by atoms with E-state index in [1.54, 1.807) is 24.3 Å². The molecule has 0 heterocycles. The van der Waals surface area contributed by atoms with Gasteiger partial charge in [-0.15, -0.1) is 6.42 Å². The standard InChI is InChI=1S/C12H13NO3S/c1-4-10-6-5-7-11(8-10)13-12(14)9(2)17(3,15)16/h1,5-9H,2-3H3,(H,13,14). The van der Waals surface area contributed by atoms with E-state index in [0.29, 0.717) is 11.3 Å². The van der Waals surface area contributed by atoms with Crippen molar-refractivity contribution in [2.45, 2.75) is 12.2 Å². The van der Waals surface area contributed by atoms with Crippen LogP contribution in [0.5, 0.6) is 0 Å². The number of hydrogen-bond donors (Lipinski definition) is 1. The first-order valence-corrected chi connectivity index (χ1v) is 6.86. The van der Waals surface area contributed by atoms with E-state index in [0.717, 1.165) is 6.26 Å². The second kappa shape index (κ2) is 5.02. The van der Waals surface area contributed by atoms with E-state index in [2.05, 4.69) is 11.2 Å². The Morgan fingerprint density at radius 1 is 1.47 bits per heavy atom. The number of hydrogen-bond acceptors (Lipinski definition) is 3. The van der Waals surface area contributed by atoms with Gasteiger partial charge < -0.3 is 5.32 Å². The Hall–Kier alpha value is -1.80. The number of sulfone groups is 1. The molecule has 1 aromatic rings. The normalized spacial score (nSPS) is 12.5. The number of carbonyl (C=O) groups is 1. The molecule has 0 aliphatic rings. The van der Waals surface area contributed by atoms with Crippen molar-refractivity contribution < 1.29 is 13.2 Å². The van der Waals surface area contributed by atoms with E-state index in [4.69, 9.17) is 6.42 Å². The highest BCUT2D eigenvalue weighted by atomic mass is 32.2. The Balaban J connectivity index is 2.86. The predicted molar refractivity (Wildman–Crippen MR) is 67.3 cm³/mol. The smallest absolute Gasteiger partial charge is 0.242 e. The monoisotopic (exact) mass is 251 g/mol. The average molecular weight is 251 g/mol. The summed E-state index contributed by atoms with van der Waals surface area (Å²) in [5, 5.41) is 1.42. The highest BCUT2D eigenvalue weighted by Crippen LogP contribution is 2.11. The Bertz CT molecular complexity index is 570. The summed E-state index contributed by atoms with van der Waals surface area (Å²) in [4.78, 5) is 11.6. The maximum Gasteiger partial charge on any atom is 0.242 e. The summed E-state index contributed by atoms with van der Waals surface area (Å²) in [6.45, 7) is 1.34. The number of carbonyl (C=O) groups excluding carboxylic acids is 1. The molecule has 1 atom stereocenters. The zero-order valence-corrected chi connectivity index (χ0v) is 10.4. The minimum atomic E-state index is -3.39. The molecular formula is C12H13NO3S. The number of rotatable bonds is 3. The minimum absolute atomic E-state index is 0.487. The summed E-state index contributed by atoms with van der Waals surface area (Å²) in [6.07, 6.45) is 6.24. The molecule has 1 N–H and O–H groups in total. The average Bonchev–Trinajstić information content (AvgIpc) is 2.27. The molecule has 1 rings (SSSR count). The zero-order valence-electron chi connectivity index (χ0n) is 9.60. The summed E-state index contributed by atoms with van der Waals surface area (Å²) in [5.74, 6) is 1.86. The molecule has 0 aliphatic carbocycles. The first kappa shape index (κ1) is 13.3. The lowest BCUT2D eigenvalue weighted by Gasteiger charge is -2.10. The van der Waals surface area contributed by atoms with Crippen molar-refractivity contribution in [1.82, 2.24) is 0 Å². The first-order chi connectivity index (χ1) is 7.84. The molecule has 1 unspecified atom stereocenters. The van der Waals surface area contributed by atoms with Crippen LogP contribution in [0.1, 0.15) is 12.5 Å². The molecule has 0 radical (unpaired) electrons. The first-order valence-electron chi connectivity index (χ1n) is 4.91. The van der Waals surface area contributed by atoms with Crippen molar-refractivity contribution in [3.8, 4) is 12.3 Å². The molecular weight excluding hydrogens is 238 g/mol. The molecule has 0 aromatic heterocycles. The zero-order chi connectivity index (χ0) is 13.1. The van der Waals surface area contributed by atoms with Crippen molar-refractivity contribution in [3.63, 3.8) is 0 Å². The second-order valence-corrected chi connectivity index (χ2v) is 6.05. The van der Waals surface area contributed by atoms with Crippen molar-refractivity contribution in [1.29, 1.82) is 0 Å². The summed E-state index contributed by atoms with van der Waals surface area (Å²) < 4.78 is 22.4. The number of nitrogens with one attached hydrogen (secondary N) is 1. The van der Waals surface area contributed by atoms with Gasteiger partial charge in [-0.05, 0) is 25.1 Å². The van der Waals surface area contributed by atoms with Crippen LogP contribution in [-0.4, -0.2) is 25.8 Å². The van der Waals surface area contributed by atoms with Crippen LogP contribution in [0.15, 0.2) is 24.3 Å². The Labute approximate surface area is 101 Å². The van der Waals surface area contributed by atoms with Gasteiger partial charge in [-0.1, -0.05) is 12.0 Å². The van der Waals surface area contributed by atoms with Crippen LogP contribution in [0.2, 0.25) is 0 Å². The molecule has 1 amide bonds. The number of anilines is 1. The number of amides is 1. The van der Waals surface area contributed by atoms with E-state index in [1.165, 1.54) is 6.92 Å². The second-order valence-electron chi connectivity index (χ2n) is 3.69. The molecule has 5 heteroatoms. The van der Waals surface area contributed by atoms with Crippen LogP contribution in [0, 0.1) is 12.3 Å². The van der Waals surface area contributed by atoms with Gasteiger partial charge in [-0.2, -0.15) is 0 Å². The Morgan fingerprint density at radius 3 is 2.65 bits per heavy atom. The fourth-order valence-corrected chi connectivity index (χ4v) is 1.57. The minimum Gasteiger partial charge on any atom is -0.325 e. The van der Waals surface area contributed by atoms with Crippen molar-refractivity contribution in [3.05, 3.63) is 29.8 Å². The van der Waals surface area contributed by atoms with Crippen molar-refractivity contribution in [2.75, 3.05) is 11.6 Å². The molecule has 4 nitrogen and oxygen atoms in total. The van der Waals surface area contributed by atoms with Crippen LogP contribution in [0.3, 0.4) is 0 Å². The van der Waals surface area contributed by atoms with Gasteiger partial charge in [0.1, 0.15) is 5.25 Å². The Kier molecular flexibility index (Phi) is 3.92. The van der Waals surface area contributed by atoms with Crippen LogP contribution < -0.4 is 5.32 Å². The third-order valence-electron chi connectivity index (χ3n) is 2.31. The third kappa shape index (κ3) is 3.61. The van der Waals surface area contributed by atoms with Crippen LogP contribution >= 0.6 is 0 Å². The maximum atomic E-state index is 11.6. The maximum absolute atomic E-state index is 11.6. The molecule has 0 spiro atoms. The fraction of sp³-hybridized carbons (Fsp3) is 0.250.